The van der Waals surface area contributed by atoms with Crippen LogP contribution in [0.1, 0.15) is 18.4 Å². The number of halogens is 2. The molecule has 90 valence electrons. The third-order valence-corrected chi connectivity index (χ3v) is 3.00. The van der Waals surface area contributed by atoms with Crippen LogP contribution in [0.2, 0.25) is 10.0 Å². The highest BCUT2D eigenvalue weighted by molar-refractivity contribution is 6.37. The first-order valence-electron chi connectivity index (χ1n) is 5.00. The molecule has 0 unspecified atom stereocenters. The summed E-state index contributed by atoms with van der Waals surface area (Å²) < 4.78 is 5.06. The minimum Gasteiger partial charge on any atom is -0.494 e. The van der Waals surface area contributed by atoms with Crippen molar-refractivity contribution in [3.05, 3.63) is 27.7 Å². The fourth-order valence-electron chi connectivity index (χ4n) is 1.60. The second-order valence-corrected chi connectivity index (χ2v) is 4.38. The van der Waals surface area contributed by atoms with Crippen LogP contribution in [-0.4, -0.2) is 18.7 Å². The molecular formula is C11H10Cl2N2O2. The maximum atomic E-state index is 11.0. The number of methoxy groups -OCH3 is 1. The van der Waals surface area contributed by atoms with Crippen LogP contribution < -0.4 is 10.2 Å². The number of amides is 1. The summed E-state index contributed by atoms with van der Waals surface area (Å²) >= 11 is 12.1. The zero-order valence-corrected chi connectivity index (χ0v) is 10.6. The smallest absolute Gasteiger partial charge is 0.240 e. The highest BCUT2D eigenvalue weighted by Gasteiger charge is 2.16. The van der Waals surface area contributed by atoms with E-state index in [0.717, 1.165) is 11.3 Å². The third kappa shape index (κ3) is 2.53. The van der Waals surface area contributed by atoms with E-state index < -0.39 is 0 Å². The zero-order valence-electron chi connectivity index (χ0n) is 9.09. The number of nitrogens with zero attached hydrogens (tertiary/aromatic N) is 1. The Kier molecular flexibility index (Phi) is 3.54. The quantitative estimate of drug-likeness (QED) is 0.900. The van der Waals surface area contributed by atoms with Crippen LogP contribution in [0.5, 0.6) is 5.75 Å². The van der Waals surface area contributed by atoms with Crippen LogP contribution in [0.15, 0.2) is 17.2 Å². The Balaban J connectivity index is 2.37. The molecule has 0 radical (unpaired) electrons. The Labute approximate surface area is 109 Å². The number of nitrogens with one attached hydrogen (secondary N) is 1. The Bertz CT molecular complexity index is 477. The summed E-state index contributed by atoms with van der Waals surface area (Å²) in [5.41, 5.74) is 3.98. The fraction of sp³-hybridized carbons (Fsp3) is 0.273. The molecule has 4 nitrogen and oxygen atoms in total. The summed E-state index contributed by atoms with van der Waals surface area (Å²) in [5, 5.41) is 4.83. The van der Waals surface area contributed by atoms with Crippen LogP contribution >= 0.6 is 23.2 Å². The van der Waals surface area contributed by atoms with Gasteiger partial charge < -0.3 is 4.74 Å². The van der Waals surface area contributed by atoms with Gasteiger partial charge in [-0.1, -0.05) is 23.2 Å². The van der Waals surface area contributed by atoms with Gasteiger partial charge in [0.05, 0.1) is 22.9 Å². The van der Waals surface area contributed by atoms with Gasteiger partial charge in [-0.25, -0.2) is 5.43 Å². The van der Waals surface area contributed by atoms with E-state index in [0.29, 0.717) is 28.6 Å². The van der Waals surface area contributed by atoms with Crippen molar-refractivity contribution in [3.63, 3.8) is 0 Å². The van der Waals surface area contributed by atoms with Gasteiger partial charge in [0.2, 0.25) is 5.91 Å². The van der Waals surface area contributed by atoms with Gasteiger partial charge in [0.1, 0.15) is 0 Å². The normalized spacial score (nSPS) is 15.2. The number of benzene rings is 1. The molecule has 6 heteroatoms. The summed E-state index contributed by atoms with van der Waals surface area (Å²) in [6.45, 7) is 0. The standard InChI is InChI=1S/C11H10Cl2N2O2/c1-17-11-7(12)4-6(5-8(11)13)9-2-3-10(16)15-14-9/h4-5H,2-3H2,1H3,(H,15,16). The summed E-state index contributed by atoms with van der Waals surface area (Å²) in [5.74, 6) is 0.358. The Morgan fingerprint density at radius 3 is 2.41 bits per heavy atom. The lowest BCUT2D eigenvalue weighted by Crippen LogP contribution is -2.25. The molecule has 0 saturated heterocycles. The molecular weight excluding hydrogens is 263 g/mol. The maximum absolute atomic E-state index is 11.0. The van der Waals surface area contributed by atoms with Crippen molar-refractivity contribution < 1.29 is 9.53 Å². The van der Waals surface area contributed by atoms with E-state index in [4.69, 9.17) is 27.9 Å². The Morgan fingerprint density at radius 2 is 1.94 bits per heavy atom. The zero-order chi connectivity index (χ0) is 12.4. The molecule has 1 N–H and O–H groups in total. The molecule has 0 saturated carbocycles. The number of hydrazone groups is 1. The molecule has 0 aliphatic carbocycles. The van der Waals surface area contributed by atoms with Crippen LogP contribution in [-0.2, 0) is 4.79 Å². The minimum absolute atomic E-state index is 0.0838. The first-order valence-corrected chi connectivity index (χ1v) is 5.76. The molecule has 0 spiro atoms. The van der Waals surface area contributed by atoms with Gasteiger partial charge in [0, 0.05) is 18.4 Å². The van der Waals surface area contributed by atoms with Crippen LogP contribution in [0.4, 0.5) is 0 Å². The van der Waals surface area contributed by atoms with Crippen molar-refractivity contribution >= 4 is 34.8 Å². The van der Waals surface area contributed by atoms with Crippen LogP contribution in [0, 0.1) is 0 Å². The molecule has 1 aliphatic rings. The second-order valence-electron chi connectivity index (χ2n) is 3.57. The number of rotatable bonds is 2. The topological polar surface area (TPSA) is 50.7 Å². The fourth-order valence-corrected chi connectivity index (χ4v) is 2.25. The van der Waals surface area contributed by atoms with Gasteiger partial charge in [-0.05, 0) is 12.1 Å². The van der Waals surface area contributed by atoms with E-state index in [-0.39, 0.29) is 5.91 Å². The number of carbonyl (C=O) groups is 1. The average Bonchev–Trinajstić information content (AvgIpc) is 2.29. The average molecular weight is 273 g/mol. The lowest BCUT2D eigenvalue weighted by Gasteiger charge is -2.14. The number of carbonyl (C=O) groups excluding carboxylic acids is 1. The van der Waals surface area contributed by atoms with Crippen molar-refractivity contribution in [1.29, 1.82) is 0 Å². The molecule has 0 aromatic heterocycles. The molecule has 0 bridgehead atoms. The van der Waals surface area contributed by atoms with Gasteiger partial charge in [0.15, 0.2) is 5.75 Å². The molecule has 1 amide bonds. The lowest BCUT2D eigenvalue weighted by molar-refractivity contribution is -0.121. The van der Waals surface area contributed by atoms with Crippen molar-refractivity contribution in [3.8, 4) is 5.75 Å². The van der Waals surface area contributed by atoms with Crippen LogP contribution in [0.25, 0.3) is 0 Å². The number of hydrogen-bond donors (Lipinski definition) is 1. The Morgan fingerprint density at radius 1 is 1.29 bits per heavy atom. The summed E-state index contributed by atoms with van der Waals surface area (Å²) in [7, 11) is 1.51. The molecule has 17 heavy (non-hydrogen) atoms. The molecule has 1 aromatic carbocycles. The third-order valence-electron chi connectivity index (χ3n) is 2.44. The first-order chi connectivity index (χ1) is 8.11. The van der Waals surface area contributed by atoms with Crippen molar-refractivity contribution in [2.75, 3.05) is 7.11 Å². The van der Waals surface area contributed by atoms with Gasteiger partial charge in [-0.3, -0.25) is 4.79 Å². The van der Waals surface area contributed by atoms with Crippen LogP contribution in [0.3, 0.4) is 0 Å². The molecule has 0 fully saturated rings. The molecule has 1 aromatic rings. The van der Waals surface area contributed by atoms with Gasteiger partial charge >= 0.3 is 0 Å². The molecule has 2 rings (SSSR count). The predicted octanol–water partition coefficient (Wildman–Crippen LogP) is 2.62. The number of hydrogen-bond acceptors (Lipinski definition) is 3. The van der Waals surface area contributed by atoms with Gasteiger partial charge in [-0.15, -0.1) is 0 Å². The van der Waals surface area contributed by atoms with Crippen molar-refractivity contribution in [1.82, 2.24) is 5.43 Å². The summed E-state index contributed by atoms with van der Waals surface area (Å²) in [6.07, 6.45) is 0.991. The van der Waals surface area contributed by atoms with E-state index in [1.165, 1.54) is 7.11 Å². The van der Waals surface area contributed by atoms with E-state index in [1.807, 2.05) is 0 Å². The van der Waals surface area contributed by atoms with Crippen molar-refractivity contribution in [2.24, 2.45) is 5.10 Å². The van der Waals surface area contributed by atoms with E-state index >= 15 is 0 Å². The van der Waals surface area contributed by atoms with Gasteiger partial charge in [-0.2, -0.15) is 5.10 Å². The lowest BCUT2D eigenvalue weighted by atomic mass is 10.0. The van der Waals surface area contributed by atoms with Gasteiger partial charge in [0.25, 0.3) is 0 Å². The van der Waals surface area contributed by atoms with E-state index in [1.54, 1.807) is 12.1 Å². The van der Waals surface area contributed by atoms with E-state index in [9.17, 15) is 4.79 Å². The monoisotopic (exact) mass is 272 g/mol. The summed E-state index contributed by atoms with van der Waals surface area (Å²) in [4.78, 5) is 11.0. The maximum Gasteiger partial charge on any atom is 0.240 e. The van der Waals surface area contributed by atoms with E-state index in [2.05, 4.69) is 10.5 Å². The SMILES string of the molecule is COc1c(Cl)cc(C2=NNC(=O)CC2)cc1Cl. The first kappa shape index (κ1) is 12.2. The number of ether oxygens (including phenoxy) is 1. The summed E-state index contributed by atoms with van der Waals surface area (Å²) in [6, 6.07) is 3.45. The highest BCUT2D eigenvalue weighted by Crippen LogP contribution is 2.34. The Hall–Kier alpha value is -1.26. The molecule has 1 heterocycles. The second kappa shape index (κ2) is 4.94. The highest BCUT2D eigenvalue weighted by atomic mass is 35.5. The molecule has 1 aliphatic heterocycles. The largest absolute Gasteiger partial charge is 0.494 e. The molecule has 0 atom stereocenters. The minimum atomic E-state index is -0.0838. The van der Waals surface area contributed by atoms with Crippen molar-refractivity contribution in [2.45, 2.75) is 12.8 Å². The predicted molar refractivity (Wildman–Crippen MR) is 66.9 cm³/mol.